The third-order valence-electron chi connectivity index (χ3n) is 1.87. The molecule has 0 saturated heterocycles. The number of benzene rings is 1. The number of nitrogens with one attached hydrogen (secondary N) is 1. The number of nitrogens with two attached hydrogens (primary N) is 2. The Morgan fingerprint density at radius 2 is 2.25 bits per heavy atom. The second-order valence-electron chi connectivity index (χ2n) is 3.13. The Morgan fingerprint density at radius 1 is 1.62 bits per heavy atom. The predicted molar refractivity (Wildman–Crippen MR) is 64.8 cm³/mol. The van der Waals surface area contributed by atoms with Crippen molar-refractivity contribution >= 4 is 39.1 Å². The zero-order valence-corrected chi connectivity index (χ0v) is 10.5. The second-order valence-corrected chi connectivity index (χ2v) is 4.40. The molecular formula is C9H10BrClFN3O. The van der Waals surface area contributed by atoms with Crippen LogP contribution in [0.1, 0.15) is 0 Å². The van der Waals surface area contributed by atoms with Crippen molar-refractivity contribution in [2.45, 2.75) is 6.04 Å². The first-order valence-corrected chi connectivity index (χ1v) is 5.52. The van der Waals surface area contributed by atoms with Crippen molar-refractivity contribution in [3.63, 3.8) is 0 Å². The van der Waals surface area contributed by atoms with E-state index in [-0.39, 0.29) is 11.6 Å². The molecule has 5 N–H and O–H groups in total. The van der Waals surface area contributed by atoms with Crippen molar-refractivity contribution in [2.24, 2.45) is 11.5 Å². The molecule has 0 aromatic heterocycles. The van der Waals surface area contributed by atoms with Crippen LogP contribution in [0.15, 0.2) is 16.6 Å². The van der Waals surface area contributed by atoms with Gasteiger partial charge in [0, 0.05) is 11.0 Å². The molecular weight excluding hydrogens is 300 g/mol. The largest absolute Gasteiger partial charge is 0.381 e. The Balaban J connectivity index is 2.78. The number of carbonyl (C=O) groups excluding carboxylic acids is 1. The summed E-state index contributed by atoms with van der Waals surface area (Å²) >= 11 is 8.95. The van der Waals surface area contributed by atoms with Crippen molar-refractivity contribution in [1.29, 1.82) is 0 Å². The highest BCUT2D eigenvalue weighted by Crippen LogP contribution is 2.31. The molecule has 1 aromatic carbocycles. The fraction of sp³-hybridized carbons (Fsp3) is 0.222. The van der Waals surface area contributed by atoms with Gasteiger partial charge in [-0.1, -0.05) is 11.6 Å². The van der Waals surface area contributed by atoms with Crippen LogP contribution in [0.5, 0.6) is 0 Å². The van der Waals surface area contributed by atoms with Gasteiger partial charge in [0.15, 0.2) is 0 Å². The van der Waals surface area contributed by atoms with Gasteiger partial charge in [-0.25, -0.2) is 4.39 Å². The lowest BCUT2D eigenvalue weighted by molar-refractivity contribution is -0.118. The van der Waals surface area contributed by atoms with E-state index in [0.717, 1.165) is 6.07 Å². The fourth-order valence-electron chi connectivity index (χ4n) is 1.02. The van der Waals surface area contributed by atoms with E-state index in [1.165, 1.54) is 6.07 Å². The molecule has 88 valence electrons. The van der Waals surface area contributed by atoms with Crippen molar-refractivity contribution in [3.05, 3.63) is 27.4 Å². The topological polar surface area (TPSA) is 81.1 Å². The molecule has 0 radical (unpaired) electrons. The lowest BCUT2D eigenvalue weighted by Crippen LogP contribution is -2.41. The second kappa shape index (κ2) is 5.47. The SMILES string of the molecule is NC(=O)C(N)CNc1c(Cl)cc(F)cc1Br. The first kappa shape index (κ1) is 13.2. The van der Waals surface area contributed by atoms with E-state index >= 15 is 0 Å². The maximum atomic E-state index is 12.9. The minimum atomic E-state index is -0.826. The highest BCUT2D eigenvalue weighted by Gasteiger charge is 2.12. The molecule has 1 rings (SSSR count). The van der Waals surface area contributed by atoms with E-state index in [2.05, 4.69) is 21.2 Å². The van der Waals surface area contributed by atoms with Gasteiger partial charge >= 0.3 is 0 Å². The molecule has 0 fully saturated rings. The number of hydrogen-bond acceptors (Lipinski definition) is 3. The average molecular weight is 311 g/mol. The molecule has 1 atom stereocenters. The van der Waals surface area contributed by atoms with Crippen LogP contribution in [0.2, 0.25) is 5.02 Å². The van der Waals surface area contributed by atoms with Crippen LogP contribution in [-0.4, -0.2) is 18.5 Å². The van der Waals surface area contributed by atoms with Gasteiger partial charge in [0.05, 0.1) is 10.7 Å². The van der Waals surface area contributed by atoms with Crippen molar-refractivity contribution in [3.8, 4) is 0 Å². The van der Waals surface area contributed by atoms with Crippen LogP contribution in [0.25, 0.3) is 0 Å². The molecule has 0 aliphatic rings. The summed E-state index contributed by atoms with van der Waals surface area (Å²) < 4.78 is 13.3. The van der Waals surface area contributed by atoms with Gasteiger partial charge in [-0.3, -0.25) is 4.79 Å². The minimum Gasteiger partial charge on any atom is -0.381 e. The van der Waals surface area contributed by atoms with Crippen molar-refractivity contribution in [1.82, 2.24) is 0 Å². The number of anilines is 1. The van der Waals surface area contributed by atoms with E-state index in [1.54, 1.807) is 0 Å². The monoisotopic (exact) mass is 309 g/mol. The first-order valence-electron chi connectivity index (χ1n) is 4.35. The molecule has 0 spiro atoms. The molecule has 4 nitrogen and oxygen atoms in total. The molecule has 16 heavy (non-hydrogen) atoms. The van der Waals surface area contributed by atoms with Crippen molar-refractivity contribution < 1.29 is 9.18 Å². The summed E-state index contributed by atoms with van der Waals surface area (Å²) in [6.07, 6.45) is 0. The van der Waals surface area contributed by atoms with Gasteiger partial charge in [-0.15, -0.1) is 0 Å². The van der Waals surface area contributed by atoms with Crippen LogP contribution in [0, 0.1) is 5.82 Å². The zero-order valence-electron chi connectivity index (χ0n) is 8.14. The van der Waals surface area contributed by atoms with E-state index in [9.17, 15) is 9.18 Å². The average Bonchev–Trinajstić information content (AvgIpc) is 2.15. The highest BCUT2D eigenvalue weighted by atomic mass is 79.9. The summed E-state index contributed by atoms with van der Waals surface area (Å²) in [6, 6.07) is 1.59. The van der Waals surface area contributed by atoms with E-state index in [0.29, 0.717) is 10.2 Å². The molecule has 0 aliphatic heterocycles. The number of carbonyl (C=O) groups is 1. The molecule has 1 aromatic rings. The van der Waals surface area contributed by atoms with Crippen LogP contribution in [-0.2, 0) is 4.79 Å². The van der Waals surface area contributed by atoms with Gasteiger partial charge in [0.2, 0.25) is 5.91 Å². The fourth-order valence-corrected chi connectivity index (χ4v) is 1.98. The van der Waals surface area contributed by atoms with Gasteiger partial charge in [0.25, 0.3) is 0 Å². The van der Waals surface area contributed by atoms with Gasteiger partial charge in [0.1, 0.15) is 11.9 Å². The Kier molecular flexibility index (Phi) is 4.52. The lowest BCUT2D eigenvalue weighted by atomic mass is 10.2. The number of amides is 1. The molecule has 0 saturated carbocycles. The van der Waals surface area contributed by atoms with Crippen LogP contribution < -0.4 is 16.8 Å². The standard InChI is InChI=1S/C9H10BrClFN3O/c10-5-1-4(12)2-6(11)8(5)15-3-7(13)9(14)16/h1-2,7,15H,3,13H2,(H2,14,16). The Hall–Kier alpha value is -0.850. The van der Waals surface area contributed by atoms with Crippen LogP contribution in [0.4, 0.5) is 10.1 Å². The molecule has 0 heterocycles. The molecule has 1 unspecified atom stereocenters. The first-order chi connectivity index (χ1) is 7.41. The summed E-state index contributed by atoms with van der Waals surface area (Å²) in [5.41, 5.74) is 10.9. The van der Waals surface area contributed by atoms with Crippen molar-refractivity contribution in [2.75, 3.05) is 11.9 Å². The summed E-state index contributed by atoms with van der Waals surface area (Å²) in [6.45, 7) is 0.124. The molecule has 1 amide bonds. The van der Waals surface area contributed by atoms with Crippen LogP contribution in [0.3, 0.4) is 0 Å². The maximum absolute atomic E-state index is 12.9. The zero-order chi connectivity index (χ0) is 12.3. The van der Waals surface area contributed by atoms with E-state index < -0.39 is 17.8 Å². The summed E-state index contributed by atoms with van der Waals surface area (Å²) in [4.78, 5) is 10.7. The van der Waals surface area contributed by atoms with Gasteiger partial charge in [-0.05, 0) is 28.1 Å². The molecule has 0 aliphatic carbocycles. The Bertz CT molecular complexity index is 393. The summed E-state index contributed by atoms with van der Waals surface area (Å²) in [7, 11) is 0. The van der Waals surface area contributed by atoms with E-state index in [4.69, 9.17) is 23.1 Å². The smallest absolute Gasteiger partial charge is 0.236 e. The molecule has 7 heteroatoms. The number of hydrogen-bond donors (Lipinski definition) is 3. The van der Waals surface area contributed by atoms with E-state index in [1.807, 2.05) is 0 Å². The minimum absolute atomic E-state index is 0.124. The Morgan fingerprint density at radius 3 is 2.75 bits per heavy atom. The van der Waals surface area contributed by atoms with Gasteiger partial charge in [-0.2, -0.15) is 0 Å². The molecule has 0 bridgehead atoms. The predicted octanol–water partition coefficient (Wildman–Crippen LogP) is 1.47. The maximum Gasteiger partial charge on any atom is 0.236 e. The number of primary amides is 1. The third-order valence-corrected chi connectivity index (χ3v) is 2.79. The number of rotatable bonds is 4. The third kappa shape index (κ3) is 3.33. The lowest BCUT2D eigenvalue weighted by Gasteiger charge is -2.13. The Labute approximate surface area is 105 Å². The summed E-state index contributed by atoms with van der Waals surface area (Å²) in [5, 5.41) is 3.02. The normalized spacial score (nSPS) is 12.2. The number of halogens is 3. The van der Waals surface area contributed by atoms with Crippen LogP contribution >= 0.6 is 27.5 Å². The quantitative estimate of drug-likeness (QED) is 0.787. The highest BCUT2D eigenvalue weighted by molar-refractivity contribution is 9.10. The summed E-state index contributed by atoms with van der Waals surface area (Å²) in [5.74, 6) is -1.08. The van der Waals surface area contributed by atoms with Gasteiger partial charge < -0.3 is 16.8 Å².